The normalized spacial score (nSPS) is 22.9. The van der Waals surface area contributed by atoms with E-state index in [-0.39, 0.29) is 0 Å². The van der Waals surface area contributed by atoms with E-state index in [4.69, 9.17) is 6.42 Å². The van der Waals surface area contributed by atoms with E-state index in [1.807, 2.05) is 0 Å². The zero-order chi connectivity index (χ0) is 14.3. The molecule has 1 aliphatic carbocycles. The number of methoxy groups -OCH3 is 1. The van der Waals surface area contributed by atoms with E-state index in [9.17, 15) is 13.2 Å². The summed E-state index contributed by atoms with van der Waals surface area (Å²) in [5, 5.41) is -0.660. The number of carbonyl (C=O) groups is 1. The van der Waals surface area contributed by atoms with Crippen molar-refractivity contribution in [2.45, 2.75) is 43.8 Å². The fraction of sp³-hybridized carbons (Fsp3) is 0.769. The van der Waals surface area contributed by atoms with Gasteiger partial charge in [0.15, 0.2) is 0 Å². The third kappa shape index (κ3) is 4.51. The van der Waals surface area contributed by atoms with E-state index >= 15 is 0 Å². The van der Waals surface area contributed by atoms with Gasteiger partial charge in [0.05, 0.1) is 18.3 Å². The first kappa shape index (κ1) is 16.0. The minimum atomic E-state index is -3.45. The van der Waals surface area contributed by atoms with Crippen molar-refractivity contribution in [3.63, 3.8) is 0 Å². The highest BCUT2D eigenvalue weighted by molar-refractivity contribution is 7.90. The quantitative estimate of drug-likeness (QED) is 0.431. The Balaban J connectivity index is 2.52. The molecule has 0 aliphatic heterocycles. The summed E-state index contributed by atoms with van der Waals surface area (Å²) in [6, 6.07) is 0. The number of ether oxygens (including phenoxy) is 1. The molecule has 1 rings (SSSR count). The average molecular weight is 287 g/mol. The van der Waals surface area contributed by atoms with E-state index in [1.165, 1.54) is 7.11 Å². The lowest BCUT2D eigenvalue weighted by Crippen LogP contribution is -2.39. The van der Waals surface area contributed by atoms with Crippen molar-refractivity contribution >= 4 is 16.0 Å². The molecule has 5 nitrogen and oxygen atoms in total. The minimum Gasteiger partial charge on any atom is -0.469 e. The number of terminal acetylenes is 1. The lowest BCUT2D eigenvalue weighted by molar-refractivity contribution is -0.145. The maximum absolute atomic E-state index is 12.1. The van der Waals surface area contributed by atoms with Gasteiger partial charge >= 0.3 is 5.97 Å². The van der Waals surface area contributed by atoms with Crippen LogP contribution in [0.25, 0.3) is 0 Å². The molecule has 1 N–H and O–H groups in total. The second kappa shape index (κ2) is 7.51. The second-order valence-corrected chi connectivity index (χ2v) is 6.68. The summed E-state index contributed by atoms with van der Waals surface area (Å²) in [6.45, 7) is 0.369. The van der Waals surface area contributed by atoms with Gasteiger partial charge < -0.3 is 4.74 Å². The Kier molecular flexibility index (Phi) is 6.32. The summed E-state index contributed by atoms with van der Waals surface area (Å²) in [7, 11) is -2.16. The van der Waals surface area contributed by atoms with Gasteiger partial charge in [0, 0.05) is 13.0 Å². The maximum atomic E-state index is 12.1. The van der Waals surface area contributed by atoms with E-state index in [0.29, 0.717) is 32.2 Å². The smallest absolute Gasteiger partial charge is 0.310 e. The van der Waals surface area contributed by atoms with Gasteiger partial charge in [-0.05, 0) is 25.7 Å². The van der Waals surface area contributed by atoms with Gasteiger partial charge in [-0.2, -0.15) is 0 Å². The number of nitrogens with one attached hydrogen (secondary N) is 1. The molecule has 0 saturated heterocycles. The van der Waals surface area contributed by atoms with Crippen molar-refractivity contribution in [1.29, 1.82) is 0 Å². The molecule has 0 radical (unpaired) electrons. The molecular weight excluding hydrogens is 266 g/mol. The predicted molar refractivity (Wildman–Crippen MR) is 72.8 cm³/mol. The Hall–Kier alpha value is -1.06. The van der Waals surface area contributed by atoms with Gasteiger partial charge in [0.25, 0.3) is 0 Å². The summed E-state index contributed by atoms with van der Waals surface area (Å²) >= 11 is 0. The van der Waals surface area contributed by atoms with E-state index in [2.05, 4.69) is 15.4 Å². The summed E-state index contributed by atoms with van der Waals surface area (Å²) in [6.07, 6.45) is 9.11. The largest absolute Gasteiger partial charge is 0.469 e. The zero-order valence-electron chi connectivity index (χ0n) is 11.2. The number of carbonyl (C=O) groups excluding carboxylic acids is 1. The van der Waals surface area contributed by atoms with Crippen LogP contribution in [0.1, 0.15) is 38.5 Å². The van der Waals surface area contributed by atoms with Crippen molar-refractivity contribution in [3.05, 3.63) is 0 Å². The van der Waals surface area contributed by atoms with E-state index in [1.54, 1.807) is 0 Å². The van der Waals surface area contributed by atoms with E-state index in [0.717, 1.165) is 12.8 Å². The number of hydrogen-bond acceptors (Lipinski definition) is 4. The highest BCUT2D eigenvalue weighted by Gasteiger charge is 2.41. The molecule has 0 bridgehead atoms. The van der Waals surface area contributed by atoms with Gasteiger partial charge in [-0.3, -0.25) is 4.79 Å². The van der Waals surface area contributed by atoms with Crippen LogP contribution in [0.3, 0.4) is 0 Å². The Morgan fingerprint density at radius 1 is 1.42 bits per heavy atom. The molecule has 0 spiro atoms. The van der Waals surface area contributed by atoms with Crippen LogP contribution in [-0.2, 0) is 19.6 Å². The number of esters is 1. The van der Waals surface area contributed by atoms with Crippen molar-refractivity contribution in [2.24, 2.45) is 5.92 Å². The Morgan fingerprint density at radius 2 is 2.16 bits per heavy atom. The number of sulfonamides is 1. The molecule has 0 amide bonds. The first-order chi connectivity index (χ1) is 9.03. The zero-order valence-corrected chi connectivity index (χ0v) is 12.0. The first-order valence-electron chi connectivity index (χ1n) is 6.52. The number of hydrogen-bond donors (Lipinski definition) is 1. The molecule has 1 fully saturated rings. The molecule has 19 heavy (non-hydrogen) atoms. The van der Waals surface area contributed by atoms with Crippen LogP contribution in [0.4, 0.5) is 0 Å². The molecule has 1 aliphatic rings. The lowest BCUT2D eigenvalue weighted by atomic mass is 10.1. The van der Waals surface area contributed by atoms with Gasteiger partial charge in [-0.25, -0.2) is 13.1 Å². The second-order valence-electron chi connectivity index (χ2n) is 4.70. The van der Waals surface area contributed by atoms with Crippen molar-refractivity contribution in [1.82, 2.24) is 4.72 Å². The van der Waals surface area contributed by atoms with Gasteiger partial charge in [-0.1, -0.05) is 6.42 Å². The minimum absolute atomic E-state index is 0.369. The Bertz CT molecular complexity index is 438. The SMILES string of the molecule is C#CCCCCNS(=O)(=O)C1CCCC1C(=O)OC. The predicted octanol–water partition coefficient (Wildman–Crippen LogP) is 1.05. The summed E-state index contributed by atoms with van der Waals surface area (Å²) in [5.41, 5.74) is 0. The van der Waals surface area contributed by atoms with Crippen LogP contribution in [0.2, 0.25) is 0 Å². The first-order valence-corrected chi connectivity index (χ1v) is 8.07. The third-order valence-electron chi connectivity index (χ3n) is 3.41. The molecule has 2 atom stereocenters. The van der Waals surface area contributed by atoms with Gasteiger partial charge in [0.2, 0.25) is 10.0 Å². The summed E-state index contributed by atoms with van der Waals surface area (Å²) < 4.78 is 31.5. The average Bonchev–Trinajstić information content (AvgIpc) is 2.87. The van der Waals surface area contributed by atoms with Crippen LogP contribution < -0.4 is 4.72 Å². The molecule has 108 valence electrons. The molecule has 0 heterocycles. The van der Waals surface area contributed by atoms with E-state index < -0.39 is 27.2 Å². The molecular formula is C13H21NO4S. The molecule has 0 aromatic carbocycles. The van der Waals surface area contributed by atoms with Gasteiger partial charge in [-0.15, -0.1) is 12.3 Å². The topological polar surface area (TPSA) is 72.5 Å². The third-order valence-corrected chi connectivity index (χ3v) is 5.37. The highest BCUT2D eigenvalue weighted by atomic mass is 32.2. The van der Waals surface area contributed by atoms with Crippen LogP contribution in [-0.4, -0.2) is 33.3 Å². The van der Waals surface area contributed by atoms with Crippen LogP contribution in [0.5, 0.6) is 0 Å². The van der Waals surface area contributed by atoms with Crippen LogP contribution in [0.15, 0.2) is 0 Å². The fourth-order valence-corrected chi connectivity index (χ4v) is 4.19. The van der Waals surface area contributed by atoms with Crippen molar-refractivity contribution < 1.29 is 17.9 Å². The fourth-order valence-electron chi connectivity index (χ4n) is 2.39. The lowest BCUT2D eigenvalue weighted by Gasteiger charge is -2.18. The Labute approximate surface area is 115 Å². The molecule has 0 aromatic rings. The molecule has 6 heteroatoms. The number of rotatable bonds is 7. The van der Waals surface area contributed by atoms with Crippen LogP contribution in [0, 0.1) is 18.3 Å². The summed E-state index contributed by atoms with van der Waals surface area (Å²) in [4.78, 5) is 11.5. The Morgan fingerprint density at radius 3 is 2.79 bits per heavy atom. The van der Waals surface area contributed by atoms with Gasteiger partial charge in [0.1, 0.15) is 0 Å². The summed E-state index contributed by atoms with van der Waals surface area (Å²) in [5.74, 6) is 1.55. The maximum Gasteiger partial charge on any atom is 0.310 e. The standard InChI is InChI=1S/C13H21NO4S/c1-3-4-5-6-10-14-19(16,17)12-9-7-8-11(12)13(15)18-2/h1,11-12,14H,4-10H2,2H3. The van der Waals surface area contributed by atoms with Crippen LogP contribution >= 0.6 is 0 Å². The molecule has 1 saturated carbocycles. The number of unbranched alkanes of at least 4 members (excludes halogenated alkanes) is 2. The monoisotopic (exact) mass is 287 g/mol. The van der Waals surface area contributed by atoms with Crippen molar-refractivity contribution in [3.8, 4) is 12.3 Å². The highest BCUT2D eigenvalue weighted by Crippen LogP contribution is 2.31. The molecule has 2 unspecified atom stereocenters. The molecule has 0 aromatic heterocycles. The van der Waals surface area contributed by atoms with Crippen molar-refractivity contribution in [2.75, 3.05) is 13.7 Å².